The quantitative estimate of drug-likeness (QED) is 0.261. The molecule has 0 fully saturated rings. The van der Waals surface area contributed by atoms with E-state index in [2.05, 4.69) is 15.6 Å². The fraction of sp³-hybridized carbons (Fsp3) is 0.250. The van der Waals surface area contributed by atoms with Crippen molar-refractivity contribution < 1.29 is 42.3 Å². The van der Waals surface area contributed by atoms with Gasteiger partial charge < -0.3 is 25.4 Å². The SMILES string of the molecule is CS(=O)(=O)CC(=O)N1C[C@H](NC(=O)c2nccc3ccccc23)C(=O)N(CC(=O)N[C@H](C=O)CC(=O)O)c2ccccc21. The van der Waals surface area contributed by atoms with E-state index in [0.29, 0.717) is 10.8 Å². The summed E-state index contributed by atoms with van der Waals surface area (Å²) in [6, 6.07) is 11.7. The molecule has 3 N–H and O–H groups in total. The molecule has 0 radical (unpaired) electrons. The average molecular weight is 610 g/mol. The number of aromatic nitrogens is 1. The second kappa shape index (κ2) is 12.8. The third-order valence-electron chi connectivity index (χ3n) is 6.48. The summed E-state index contributed by atoms with van der Waals surface area (Å²) >= 11 is 0. The van der Waals surface area contributed by atoms with E-state index < -0.39 is 76.8 Å². The highest BCUT2D eigenvalue weighted by atomic mass is 32.2. The molecule has 3 aromatic rings. The smallest absolute Gasteiger partial charge is 0.305 e. The van der Waals surface area contributed by atoms with Crippen LogP contribution < -0.4 is 20.4 Å². The number of fused-ring (bicyclic) bond motifs is 2. The molecule has 2 aromatic carbocycles. The zero-order chi connectivity index (χ0) is 31.3. The van der Waals surface area contributed by atoms with Gasteiger partial charge in [-0.1, -0.05) is 36.4 Å². The van der Waals surface area contributed by atoms with Gasteiger partial charge in [0.15, 0.2) is 9.84 Å². The van der Waals surface area contributed by atoms with Crippen LogP contribution in [-0.4, -0.2) is 91.6 Å². The molecular formula is C28H27N5O9S. The number of para-hydroxylation sites is 2. The first-order valence-corrected chi connectivity index (χ1v) is 14.9. The molecule has 0 saturated carbocycles. The zero-order valence-corrected chi connectivity index (χ0v) is 23.6. The molecule has 1 aromatic heterocycles. The second-order valence-corrected chi connectivity index (χ2v) is 11.9. The van der Waals surface area contributed by atoms with E-state index in [1.165, 1.54) is 30.5 Å². The predicted octanol–water partition coefficient (Wildman–Crippen LogP) is -0.0840. The summed E-state index contributed by atoms with van der Waals surface area (Å²) in [4.78, 5) is 82.1. The van der Waals surface area contributed by atoms with E-state index in [4.69, 9.17) is 5.11 Å². The van der Waals surface area contributed by atoms with Crippen LogP contribution in [-0.2, 0) is 33.8 Å². The lowest BCUT2D eigenvalue weighted by atomic mass is 10.1. The number of amides is 4. The lowest BCUT2D eigenvalue weighted by Crippen LogP contribution is -2.55. The zero-order valence-electron chi connectivity index (χ0n) is 22.8. The Bertz CT molecular complexity index is 1720. The van der Waals surface area contributed by atoms with Crippen molar-refractivity contribution in [1.29, 1.82) is 0 Å². The maximum absolute atomic E-state index is 14.0. The first-order valence-electron chi connectivity index (χ1n) is 12.9. The lowest BCUT2D eigenvalue weighted by molar-refractivity contribution is -0.139. The Kier molecular flexibility index (Phi) is 9.14. The van der Waals surface area contributed by atoms with Gasteiger partial charge in [-0.2, -0.15) is 0 Å². The molecule has 14 nitrogen and oxygen atoms in total. The molecule has 224 valence electrons. The molecule has 0 aliphatic carbocycles. The summed E-state index contributed by atoms with van der Waals surface area (Å²) in [6.07, 6.45) is 1.85. The number of hydrogen-bond donors (Lipinski definition) is 3. The Morgan fingerprint density at radius 3 is 2.42 bits per heavy atom. The minimum Gasteiger partial charge on any atom is -0.481 e. The molecule has 4 amide bonds. The van der Waals surface area contributed by atoms with Crippen LogP contribution in [0.4, 0.5) is 11.4 Å². The maximum Gasteiger partial charge on any atom is 0.305 e. The van der Waals surface area contributed by atoms with E-state index in [1.807, 2.05) is 0 Å². The molecule has 2 atom stereocenters. The molecule has 0 spiro atoms. The summed E-state index contributed by atoms with van der Waals surface area (Å²) < 4.78 is 24.0. The number of carbonyl (C=O) groups excluding carboxylic acids is 5. The van der Waals surface area contributed by atoms with Crippen molar-refractivity contribution in [2.45, 2.75) is 18.5 Å². The fourth-order valence-corrected chi connectivity index (χ4v) is 5.24. The highest BCUT2D eigenvalue weighted by Crippen LogP contribution is 2.33. The van der Waals surface area contributed by atoms with Gasteiger partial charge in [0.1, 0.15) is 30.3 Å². The number of carboxylic acids is 1. The number of carboxylic acid groups (broad SMARTS) is 1. The van der Waals surface area contributed by atoms with Crippen molar-refractivity contribution in [2.24, 2.45) is 0 Å². The van der Waals surface area contributed by atoms with Gasteiger partial charge in [-0.25, -0.2) is 8.42 Å². The first-order chi connectivity index (χ1) is 20.4. The minimum absolute atomic E-state index is 0.00605. The number of anilines is 2. The van der Waals surface area contributed by atoms with Crippen LogP contribution in [0, 0.1) is 0 Å². The summed E-state index contributed by atoms with van der Waals surface area (Å²) in [5.41, 5.74) is 0.133. The summed E-state index contributed by atoms with van der Waals surface area (Å²) in [5.74, 6) is -5.58. The Hall–Kier alpha value is -5.18. The van der Waals surface area contributed by atoms with Gasteiger partial charge in [-0.05, 0) is 23.6 Å². The Morgan fingerprint density at radius 2 is 1.74 bits per heavy atom. The molecule has 2 heterocycles. The second-order valence-electron chi connectivity index (χ2n) is 9.80. The third kappa shape index (κ3) is 7.37. The minimum atomic E-state index is -3.80. The first kappa shape index (κ1) is 30.8. The number of carbonyl (C=O) groups is 6. The van der Waals surface area contributed by atoms with Crippen molar-refractivity contribution in [3.05, 3.63) is 66.5 Å². The van der Waals surface area contributed by atoms with Crippen molar-refractivity contribution >= 4 is 67.9 Å². The molecule has 4 rings (SSSR count). The van der Waals surface area contributed by atoms with Crippen molar-refractivity contribution in [3.8, 4) is 0 Å². The van der Waals surface area contributed by atoms with Gasteiger partial charge in [0.25, 0.3) is 11.8 Å². The van der Waals surface area contributed by atoms with Crippen LogP contribution in [0.15, 0.2) is 60.8 Å². The van der Waals surface area contributed by atoms with Crippen LogP contribution in [0.3, 0.4) is 0 Å². The van der Waals surface area contributed by atoms with Crippen molar-refractivity contribution in [2.75, 3.05) is 34.9 Å². The molecule has 15 heteroatoms. The van der Waals surface area contributed by atoms with Crippen LogP contribution in [0.25, 0.3) is 10.8 Å². The number of sulfone groups is 1. The molecular weight excluding hydrogens is 582 g/mol. The number of hydrogen-bond acceptors (Lipinski definition) is 9. The van der Waals surface area contributed by atoms with Crippen LogP contribution in [0.5, 0.6) is 0 Å². The average Bonchev–Trinajstić information content (AvgIpc) is 3.06. The number of aldehydes is 1. The number of pyridine rings is 1. The number of rotatable bonds is 10. The molecule has 0 bridgehead atoms. The third-order valence-corrected chi connectivity index (χ3v) is 7.25. The van der Waals surface area contributed by atoms with Gasteiger partial charge in [-0.15, -0.1) is 0 Å². The van der Waals surface area contributed by atoms with Crippen LogP contribution >= 0.6 is 0 Å². The number of nitrogens with zero attached hydrogens (tertiary/aromatic N) is 3. The molecule has 0 unspecified atom stereocenters. The number of aliphatic carboxylic acids is 1. The molecule has 1 aliphatic heterocycles. The lowest BCUT2D eigenvalue weighted by Gasteiger charge is -2.25. The summed E-state index contributed by atoms with van der Waals surface area (Å²) in [5, 5.41) is 15.0. The largest absolute Gasteiger partial charge is 0.481 e. The Morgan fingerprint density at radius 1 is 1.07 bits per heavy atom. The van der Waals surface area contributed by atoms with Gasteiger partial charge in [0, 0.05) is 17.8 Å². The Balaban J connectivity index is 1.73. The van der Waals surface area contributed by atoms with Crippen molar-refractivity contribution in [3.63, 3.8) is 0 Å². The monoisotopic (exact) mass is 609 g/mol. The topological polar surface area (TPSA) is 200 Å². The highest BCUT2D eigenvalue weighted by molar-refractivity contribution is 7.91. The van der Waals surface area contributed by atoms with E-state index >= 15 is 0 Å². The normalized spacial score (nSPS) is 15.7. The standard InChI is InChI=1S/C28H27N5O9S/c1-43(41,42)16-24(36)32-13-20(31-27(39)26-19-7-3-2-6-17(19)10-11-29-26)28(40)33(22-9-5-4-8-21(22)32)14-23(35)30-18(15-34)12-25(37)38/h2-11,15,18,20H,12-14,16H2,1H3,(H,30,35)(H,31,39)(H,37,38)/t18-,20-/m0/s1. The van der Waals surface area contributed by atoms with E-state index in [0.717, 1.165) is 16.1 Å². The van der Waals surface area contributed by atoms with E-state index in [-0.39, 0.29) is 23.4 Å². The summed E-state index contributed by atoms with van der Waals surface area (Å²) in [7, 11) is -3.80. The summed E-state index contributed by atoms with van der Waals surface area (Å²) in [6.45, 7) is -1.19. The van der Waals surface area contributed by atoms with E-state index in [1.54, 1.807) is 30.3 Å². The van der Waals surface area contributed by atoms with E-state index in [9.17, 15) is 37.2 Å². The van der Waals surface area contributed by atoms with Gasteiger partial charge in [-0.3, -0.25) is 33.9 Å². The number of nitrogens with one attached hydrogen (secondary N) is 2. The number of benzene rings is 2. The maximum atomic E-state index is 14.0. The predicted molar refractivity (Wildman–Crippen MR) is 154 cm³/mol. The van der Waals surface area contributed by atoms with Crippen molar-refractivity contribution in [1.82, 2.24) is 15.6 Å². The Labute approximate surface area is 245 Å². The highest BCUT2D eigenvalue weighted by Gasteiger charge is 2.38. The molecule has 43 heavy (non-hydrogen) atoms. The fourth-order valence-electron chi connectivity index (χ4n) is 4.64. The van der Waals surface area contributed by atoms with Gasteiger partial charge in [0.05, 0.1) is 30.4 Å². The van der Waals surface area contributed by atoms with Gasteiger partial charge >= 0.3 is 5.97 Å². The van der Waals surface area contributed by atoms with Crippen LogP contribution in [0.2, 0.25) is 0 Å². The van der Waals surface area contributed by atoms with Gasteiger partial charge in [0.2, 0.25) is 11.8 Å². The molecule has 0 saturated heterocycles. The molecule has 1 aliphatic rings. The van der Waals surface area contributed by atoms with Crippen LogP contribution in [0.1, 0.15) is 16.9 Å².